The Kier molecular flexibility index (Phi) is 6.71. The molecule has 0 saturated carbocycles. The van der Waals surface area contributed by atoms with Gasteiger partial charge in [0, 0.05) is 24.2 Å². The van der Waals surface area contributed by atoms with Gasteiger partial charge in [-0.25, -0.2) is 4.98 Å². The van der Waals surface area contributed by atoms with Gasteiger partial charge in [0.2, 0.25) is 0 Å². The lowest BCUT2D eigenvalue weighted by Gasteiger charge is -2.22. The van der Waals surface area contributed by atoms with Gasteiger partial charge in [-0.3, -0.25) is 9.52 Å². The number of thiazole rings is 1. The van der Waals surface area contributed by atoms with Crippen LogP contribution >= 0.6 is 23.3 Å². The minimum Gasteiger partial charge on any atom is -0.343 e. The number of aromatic nitrogens is 1. The van der Waals surface area contributed by atoms with Gasteiger partial charge < -0.3 is 4.90 Å². The van der Waals surface area contributed by atoms with Crippen molar-refractivity contribution in [3.63, 3.8) is 0 Å². The van der Waals surface area contributed by atoms with Gasteiger partial charge in [0.25, 0.3) is 5.91 Å². The van der Waals surface area contributed by atoms with Crippen molar-refractivity contribution in [2.75, 3.05) is 17.7 Å². The Morgan fingerprint density at radius 2 is 2.00 bits per heavy atom. The highest BCUT2D eigenvalue weighted by molar-refractivity contribution is 7.97. The number of alkyl halides is 3. The van der Waals surface area contributed by atoms with E-state index in [1.165, 1.54) is 11.3 Å². The molecule has 0 saturated heterocycles. The molecule has 1 aromatic heterocycles. The zero-order valence-electron chi connectivity index (χ0n) is 13.8. The smallest absolute Gasteiger partial charge is 0.343 e. The van der Waals surface area contributed by atoms with Gasteiger partial charge in [-0.15, -0.1) is 11.3 Å². The van der Waals surface area contributed by atoms with Gasteiger partial charge >= 0.3 is 6.18 Å². The second-order valence-corrected chi connectivity index (χ2v) is 7.10. The first-order chi connectivity index (χ1) is 11.8. The summed E-state index contributed by atoms with van der Waals surface area (Å²) >= 11 is 2.37. The van der Waals surface area contributed by atoms with Crippen LogP contribution in [0.4, 0.5) is 18.3 Å². The molecule has 2 aromatic rings. The Hall–Kier alpha value is -1.74. The van der Waals surface area contributed by atoms with Crippen molar-refractivity contribution in [3.05, 3.63) is 46.5 Å². The number of rotatable bonds is 7. The molecule has 9 heteroatoms. The van der Waals surface area contributed by atoms with Gasteiger partial charge in [0.1, 0.15) is 5.69 Å². The number of amides is 1. The maximum absolute atomic E-state index is 12.7. The van der Waals surface area contributed by atoms with Crippen molar-refractivity contribution in [1.82, 2.24) is 9.71 Å². The van der Waals surface area contributed by atoms with Crippen LogP contribution < -0.4 is 9.62 Å². The van der Waals surface area contributed by atoms with Crippen molar-refractivity contribution in [1.29, 1.82) is 0 Å². The molecule has 1 heterocycles. The van der Waals surface area contributed by atoms with Crippen molar-refractivity contribution >= 4 is 34.3 Å². The molecular formula is C16H18F3N3OS2. The SMILES string of the molecule is CSNC(=O)c1nc(N(CCC(F)(F)F)Cc2ccccc2)sc1C. The summed E-state index contributed by atoms with van der Waals surface area (Å²) in [6, 6.07) is 9.22. The van der Waals surface area contributed by atoms with E-state index in [0.717, 1.165) is 17.5 Å². The van der Waals surface area contributed by atoms with E-state index in [1.54, 1.807) is 18.1 Å². The molecule has 136 valence electrons. The molecule has 0 fully saturated rings. The molecule has 4 nitrogen and oxygen atoms in total. The first kappa shape index (κ1) is 19.6. The van der Waals surface area contributed by atoms with E-state index < -0.39 is 12.6 Å². The third kappa shape index (κ3) is 5.93. The van der Waals surface area contributed by atoms with Crippen molar-refractivity contribution in [3.8, 4) is 0 Å². The Labute approximate surface area is 152 Å². The van der Waals surface area contributed by atoms with E-state index in [9.17, 15) is 18.0 Å². The van der Waals surface area contributed by atoms with E-state index in [1.807, 2.05) is 30.3 Å². The Morgan fingerprint density at radius 1 is 1.32 bits per heavy atom. The molecule has 0 aliphatic carbocycles. The number of nitrogens with zero attached hydrogens (tertiary/aromatic N) is 2. The summed E-state index contributed by atoms with van der Waals surface area (Å²) in [4.78, 5) is 18.5. The molecule has 0 atom stereocenters. The summed E-state index contributed by atoms with van der Waals surface area (Å²) in [5, 5.41) is 0.414. The standard InChI is InChI=1S/C16H18F3N3OS2/c1-11-13(14(23)21-24-2)20-15(25-11)22(9-8-16(17,18)19)10-12-6-4-3-5-7-12/h3-7H,8-10H2,1-2H3,(H,21,23). The molecule has 1 N–H and O–H groups in total. The number of aryl methyl sites for hydroxylation is 1. The normalized spacial score (nSPS) is 11.4. The van der Waals surface area contributed by atoms with Crippen molar-refractivity contribution < 1.29 is 18.0 Å². The summed E-state index contributed by atoms with van der Waals surface area (Å²) in [5.41, 5.74) is 1.13. The Morgan fingerprint density at radius 3 is 2.60 bits per heavy atom. The molecule has 0 unspecified atom stereocenters. The maximum atomic E-state index is 12.7. The third-order valence-electron chi connectivity index (χ3n) is 3.35. The minimum absolute atomic E-state index is 0.213. The lowest BCUT2D eigenvalue weighted by molar-refractivity contribution is -0.132. The molecule has 0 bridgehead atoms. The van der Waals surface area contributed by atoms with Crippen LogP contribution in [-0.2, 0) is 6.54 Å². The molecule has 1 amide bonds. The number of carbonyl (C=O) groups is 1. The van der Waals surface area contributed by atoms with Crippen LogP contribution in [-0.4, -0.2) is 29.9 Å². The number of hydrogen-bond acceptors (Lipinski definition) is 5. The van der Waals surface area contributed by atoms with Crippen molar-refractivity contribution in [2.24, 2.45) is 0 Å². The molecule has 25 heavy (non-hydrogen) atoms. The highest BCUT2D eigenvalue weighted by atomic mass is 32.2. The third-order valence-corrected chi connectivity index (χ3v) is 4.77. The van der Waals surface area contributed by atoms with Crippen molar-refractivity contribution in [2.45, 2.75) is 26.1 Å². The number of anilines is 1. The molecule has 0 aliphatic heterocycles. The van der Waals surface area contributed by atoms with Gasteiger partial charge in [0.05, 0.1) is 6.42 Å². The molecule has 0 aliphatic rings. The maximum Gasteiger partial charge on any atom is 0.390 e. The van der Waals surface area contributed by atoms with Crippen LogP contribution in [0.5, 0.6) is 0 Å². The van der Waals surface area contributed by atoms with Crippen LogP contribution in [0.2, 0.25) is 0 Å². The van der Waals surface area contributed by atoms with Crippen LogP contribution in [0.3, 0.4) is 0 Å². The van der Waals surface area contributed by atoms with E-state index in [-0.39, 0.29) is 18.1 Å². The average Bonchev–Trinajstić information content (AvgIpc) is 2.93. The van der Waals surface area contributed by atoms with Gasteiger partial charge in [-0.1, -0.05) is 42.3 Å². The predicted molar refractivity (Wildman–Crippen MR) is 96.0 cm³/mol. The van der Waals surface area contributed by atoms with Gasteiger partial charge in [0.15, 0.2) is 5.13 Å². The van der Waals surface area contributed by atoms with E-state index in [0.29, 0.717) is 16.6 Å². The summed E-state index contributed by atoms with van der Waals surface area (Å²) in [7, 11) is 0. The lowest BCUT2D eigenvalue weighted by Crippen LogP contribution is -2.28. The molecule has 0 radical (unpaired) electrons. The average molecular weight is 389 g/mol. The number of carbonyl (C=O) groups excluding carboxylic acids is 1. The minimum atomic E-state index is -4.25. The molecular weight excluding hydrogens is 371 g/mol. The van der Waals surface area contributed by atoms with Crippen LogP contribution in [0.15, 0.2) is 30.3 Å². The zero-order valence-corrected chi connectivity index (χ0v) is 15.4. The van der Waals surface area contributed by atoms with Gasteiger partial charge in [-0.2, -0.15) is 13.2 Å². The largest absolute Gasteiger partial charge is 0.390 e. The lowest BCUT2D eigenvalue weighted by atomic mass is 10.2. The second kappa shape index (κ2) is 8.57. The summed E-state index contributed by atoms with van der Waals surface area (Å²) in [6.45, 7) is 1.82. The second-order valence-electron chi connectivity index (χ2n) is 5.31. The van der Waals surface area contributed by atoms with E-state index in [2.05, 4.69) is 9.71 Å². The highest BCUT2D eigenvalue weighted by Gasteiger charge is 2.29. The topological polar surface area (TPSA) is 45.2 Å². The monoisotopic (exact) mass is 389 g/mol. The number of nitrogens with one attached hydrogen (secondary N) is 1. The van der Waals surface area contributed by atoms with Crippen LogP contribution in [0.1, 0.15) is 27.3 Å². The summed E-state index contributed by atoms with van der Waals surface area (Å²) in [6.07, 6.45) is -3.48. The molecule has 1 aromatic carbocycles. The fraction of sp³-hybridized carbons (Fsp3) is 0.375. The fourth-order valence-corrected chi connectivity index (χ4v) is 3.39. The molecule has 2 rings (SSSR count). The Bertz CT molecular complexity index is 704. The predicted octanol–water partition coefficient (Wildman–Crippen LogP) is 4.42. The van der Waals surface area contributed by atoms with Crippen LogP contribution in [0, 0.1) is 6.92 Å². The summed E-state index contributed by atoms with van der Waals surface area (Å²) < 4.78 is 40.6. The summed E-state index contributed by atoms with van der Waals surface area (Å²) in [5.74, 6) is -0.344. The first-order valence-corrected chi connectivity index (χ1v) is 9.50. The number of benzene rings is 1. The van der Waals surface area contributed by atoms with Gasteiger partial charge in [-0.05, 0) is 12.5 Å². The molecule has 0 spiro atoms. The highest BCUT2D eigenvalue weighted by Crippen LogP contribution is 2.29. The van der Waals surface area contributed by atoms with E-state index in [4.69, 9.17) is 0 Å². The number of halogens is 3. The quantitative estimate of drug-likeness (QED) is 0.712. The fourth-order valence-electron chi connectivity index (χ4n) is 2.18. The number of hydrogen-bond donors (Lipinski definition) is 1. The van der Waals surface area contributed by atoms with E-state index >= 15 is 0 Å². The zero-order chi connectivity index (χ0) is 18.4. The first-order valence-electron chi connectivity index (χ1n) is 7.46. The Balaban J connectivity index is 2.25. The van der Waals surface area contributed by atoms with Crippen LogP contribution in [0.25, 0.3) is 0 Å².